The Morgan fingerprint density at radius 2 is 1.44 bits per heavy atom. The Morgan fingerprint density at radius 1 is 1.00 bits per heavy atom. The Hall–Kier alpha value is -0.340. The van der Waals surface area contributed by atoms with Gasteiger partial charge in [0.15, 0.2) is 0 Å². The molecule has 0 radical (unpaired) electrons. The molecule has 4 heteroatoms. The smallest absolute Gasteiger partial charge is 0.236 e. The van der Waals surface area contributed by atoms with Gasteiger partial charge < -0.3 is 0 Å². The van der Waals surface area contributed by atoms with Crippen LogP contribution in [0.1, 0.15) is 58.3 Å². The molecule has 0 bridgehead atoms. The van der Waals surface area contributed by atoms with Crippen molar-refractivity contribution in [1.82, 2.24) is 0 Å². The summed E-state index contributed by atoms with van der Waals surface area (Å²) < 4.78 is 0. The molecular weight excluding hydrogens is 271 g/mol. The predicted molar refractivity (Wildman–Crippen MR) is 77.0 cm³/mol. The average molecular weight is 293 g/mol. The van der Waals surface area contributed by atoms with Crippen LogP contribution in [0.25, 0.3) is 0 Å². The number of rotatable bonds is 11. The summed E-state index contributed by atoms with van der Waals surface area (Å²) in [4.78, 5) is 22.4. The molecule has 2 nitrogen and oxygen atoms in total. The predicted octanol–water partition coefficient (Wildman–Crippen LogP) is 4.83. The first-order chi connectivity index (χ1) is 8.45. The number of carbonyl (C=O) groups excluding carboxylic acids is 2. The molecule has 0 aliphatic rings. The highest BCUT2D eigenvalue weighted by Gasteiger charge is 2.38. The van der Waals surface area contributed by atoms with Crippen LogP contribution in [0, 0.1) is 5.41 Å². The number of hydrogen-bond donors (Lipinski definition) is 0. The van der Waals surface area contributed by atoms with E-state index < -0.39 is 15.9 Å². The quantitative estimate of drug-likeness (QED) is 0.237. The number of carbonyl (C=O) groups is 2. The van der Waals surface area contributed by atoms with Gasteiger partial charge in [-0.05, 0) is 49.4 Å². The Kier molecular flexibility index (Phi) is 9.39. The van der Waals surface area contributed by atoms with Crippen molar-refractivity contribution in [3.8, 4) is 0 Å². The molecule has 0 aliphatic carbocycles. The van der Waals surface area contributed by atoms with Crippen molar-refractivity contribution in [1.29, 1.82) is 0 Å². The van der Waals surface area contributed by atoms with Crippen LogP contribution in [0.2, 0.25) is 0 Å². The maximum absolute atomic E-state index is 11.2. The molecule has 0 unspecified atom stereocenters. The summed E-state index contributed by atoms with van der Waals surface area (Å²) in [6.45, 7) is 5.19. The topological polar surface area (TPSA) is 34.1 Å². The lowest BCUT2D eigenvalue weighted by molar-refractivity contribution is -0.130. The second-order valence-electron chi connectivity index (χ2n) is 4.83. The molecule has 0 aromatic rings. The van der Waals surface area contributed by atoms with E-state index in [4.69, 9.17) is 23.2 Å². The fourth-order valence-electron chi connectivity index (χ4n) is 1.75. The van der Waals surface area contributed by atoms with Crippen LogP contribution < -0.4 is 0 Å². The van der Waals surface area contributed by atoms with Gasteiger partial charge in [-0.3, -0.25) is 9.59 Å². The van der Waals surface area contributed by atoms with Crippen LogP contribution in [0.15, 0.2) is 12.7 Å². The highest BCUT2D eigenvalue weighted by atomic mass is 35.5. The molecule has 104 valence electrons. The summed E-state index contributed by atoms with van der Waals surface area (Å²) in [6, 6.07) is 0. The summed E-state index contributed by atoms with van der Waals surface area (Å²) in [6.07, 6.45) is 9.91. The van der Waals surface area contributed by atoms with E-state index in [-0.39, 0.29) is 0 Å². The molecule has 0 spiro atoms. The molecule has 0 fully saturated rings. The van der Waals surface area contributed by atoms with Crippen molar-refractivity contribution >= 4 is 33.7 Å². The maximum Gasteiger partial charge on any atom is 0.236 e. The molecule has 0 amide bonds. The average Bonchev–Trinajstić information content (AvgIpc) is 2.31. The van der Waals surface area contributed by atoms with Crippen LogP contribution in [0.5, 0.6) is 0 Å². The molecule has 0 aliphatic heterocycles. The van der Waals surface area contributed by atoms with Crippen molar-refractivity contribution in [2.24, 2.45) is 5.41 Å². The van der Waals surface area contributed by atoms with Gasteiger partial charge in [0.2, 0.25) is 10.5 Å². The second kappa shape index (κ2) is 9.57. The lowest BCUT2D eigenvalue weighted by atomic mass is 9.87. The van der Waals surface area contributed by atoms with Gasteiger partial charge in [-0.25, -0.2) is 0 Å². The molecule has 0 N–H and O–H groups in total. The van der Waals surface area contributed by atoms with Crippen LogP contribution in [0.3, 0.4) is 0 Å². The molecule has 0 heterocycles. The monoisotopic (exact) mass is 292 g/mol. The Bertz CT molecular complexity index is 274. The molecule has 0 aromatic carbocycles. The summed E-state index contributed by atoms with van der Waals surface area (Å²) >= 11 is 10.8. The van der Waals surface area contributed by atoms with Crippen LogP contribution in [0.4, 0.5) is 0 Å². The SMILES string of the molecule is C=CCCCCCCCCC(C)(C(=O)Cl)C(=O)Cl. The third-order valence-corrected chi connectivity index (χ3v) is 4.04. The van der Waals surface area contributed by atoms with Gasteiger partial charge in [0, 0.05) is 0 Å². The van der Waals surface area contributed by atoms with Gasteiger partial charge in [-0.1, -0.05) is 38.2 Å². The first kappa shape index (κ1) is 17.7. The number of allylic oxidation sites excluding steroid dienone is 1. The van der Waals surface area contributed by atoms with Gasteiger partial charge in [0.1, 0.15) is 5.41 Å². The van der Waals surface area contributed by atoms with E-state index in [0.717, 1.165) is 25.7 Å². The largest absolute Gasteiger partial charge is 0.280 e. The second-order valence-corrected chi connectivity index (χ2v) is 5.51. The first-order valence-electron chi connectivity index (χ1n) is 6.46. The number of halogens is 2. The van der Waals surface area contributed by atoms with E-state index in [1.54, 1.807) is 0 Å². The molecular formula is C14H22Cl2O2. The van der Waals surface area contributed by atoms with Crippen LogP contribution >= 0.6 is 23.2 Å². The normalized spacial score (nSPS) is 11.3. The summed E-state index contributed by atoms with van der Waals surface area (Å²) in [5.74, 6) is 0. The third kappa shape index (κ3) is 6.55. The lowest BCUT2D eigenvalue weighted by Crippen LogP contribution is -2.30. The summed E-state index contributed by atoms with van der Waals surface area (Å²) in [5.41, 5.74) is -1.22. The molecule has 0 saturated heterocycles. The Morgan fingerprint density at radius 3 is 1.89 bits per heavy atom. The minimum Gasteiger partial charge on any atom is -0.280 e. The zero-order valence-electron chi connectivity index (χ0n) is 11.0. The van der Waals surface area contributed by atoms with Crippen LogP contribution in [-0.2, 0) is 9.59 Å². The van der Waals surface area contributed by atoms with Gasteiger partial charge in [-0.15, -0.1) is 6.58 Å². The molecule has 0 saturated carbocycles. The van der Waals surface area contributed by atoms with Crippen LogP contribution in [-0.4, -0.2) is 10.5 Å². The van der Waals surface area contributed by atoms with E-state index in [9.17, 15) is 9.59 Å². The lowest BCUT2D eigenvalue weighted by Gasteiger charge is -2.20. The van der Waals surface area contributed by atoms with Crippen molar-refractivity contribution in [2.75, 3.05) is 0 Å². The fraction of sp³-hybridized carbons (Fsp3) is 0.714. The highest BCUT2D eigenvalue weighted by molar-refractivity contribution is 6.74. The Labute approximate surface area is 120 Å². The first-order valence-corrected chi connectivity index (χ1v) is 7.21. The van der Waals surface area contributed by atoms with Crippen molar-refractivity contribution in [3.63, 3.8) is 0 Å². The Balaban J connectivity index is 3.72. The zero-order chi connectivity index (χ0) is 14.0. The summed E-state index contributed by atoms with van der Waals surface area (Å²) in [7, 11) is 0. The van der Waals surface area contributed by atoms with Gasteiger partial charge in [-0.2, -0.15) is 0 Å². The minimum atomic E-state index is -1.22. The maximum atomic E-state index is 11.2. The summed E-state index contributed by atoms with van der Waals surface area (Å²) in [5, 5.41) is -1.32. The molecule has 0 rings (SSSR count). The van der Waals surface area contributed by atoms with Crippen molar-refractivity contribution in [2.45, 2.75) is 58.3 Å². The third-order valence-electron chi connectivity index (χ3n) is 3.20. The number of unbranched alkanes of at least 4 members (excludes halogenated alkanes) is 6. The van der Waals surface area contributed by atoms with Crippen molar-refractivity contribution in [3.05, 3.63) is 12.7 Å². The fourth-order valence-corrected chi connectivity index (χ4v) is 2.16. The molecule has 0 aromatic heterocycles. The van der Waals surface area contributed by atoms with E-state index in [1.807, 2.05) is 6.08 Å². The molecule has 0 atom stereocenters. The van der Waals surface area contributed by atoms with E-state index in [0.29, 0.717) is 6.42 Å². The standard InChI is InChI=1S/C14H22Cl2O2/c1-3-4-5-6-7-8-9-10-11-14(2,12(15)17)13(16)18/h3H,1,4-11H2,2H3. The van der Waals surface area contributed by atoms with Gasteiger partial charge in [0.25, 0.3) is 0 Å². The van der Waals surface area contributed by atoms with E-state index in [2.05, 4.69) is 6.58 Å². The van der Waals surface area contributed by atoms with E-state index >= 15 is 0 Å². The van der Waals surface area contributed by atoms with E-state index in [1.165, 1.54) is 26.2 Å². The van der Waals surface area contributed by atoms with Crippen molar-refractivity contribution < 1.29 is 9.59 Å². The molecule has 18 heavy (non-hydrogen) atoms. The highest BCUT2D eigenvalue weighted by Crippen LogP contribution is 2.30. The van der Waals surface area contributed by atoms with Gasteiger partial charge in [0.05, 0.1) is 0 Å². The zero-order valence-corrected chi connectivity index (χ0v) is 12.5. The minimum absolute atomic E-state index is 0.435. The number of hydrogen-bond acceptors (Lipinski definition) is 2. The van der Waals surface area contributed by atoms with Gasteiger partial charge >= 0.3 is 0 Å².